The number of aryl methyl sites for hydroxylation is 2. The third kappa shape index (κ3) is 3.62. The van der Waals surface area contributed by atoms with Crippen molar-refractivity contribution in [2.75, 3.05) is 16.8 Å². The number of hydrogen-bond donors (Lipinski definition) is 1. The highest BCUT2D eigenvalue weighted by atomic mass is 32.1. The second kappa shape index (κ2) is 7.09. The van der Waals surface area contributed by atoms with Crippen LogP contribution in [0.15, 0.2) is 24.3 Å². The second-order valence-corrected chi connectivity index (χ2v) is 7.04. The smallest absolute Gasteiger partial charge is 0.231 e. The van der Waals surface area contributed by atoms with E-state index in [0.29, 0.717) is 11.7 Å². The van der Waals surface area contributed by atoms with E-state index in [1.165, 1.54) is 11.3 Å². The van der Waals surface area contributed by atoms with Crippen LogP contribution in [0.25, 0.3) is 0 Å². The SMILES string of the molecule is CCCc1nnc(NC(=O)C2CC(=O)N(c3ccc(C)cc3)C2)s1. The molecule has 6 nitrogen and oxygen atoms in total. The van der Waals surface area contributed by atoms with Crippen LogP contribution in [0.5, 0.6) is 0 Å². The Bertz CT molecular complexity index is 741. The topological polar surface area (TPSA) is 75.2 Å². The molecule has 126 valence electrons. The van der Waals surface area contributed by atoms with E-state index in [2.05, 4.69) is 22.4 Å². The van der Waals surface area contributed by atoms with Gasteiger partial charge in [-0.05, 0) is 25.5 Å². The fourth-order valence-electron chi connectivity index (χ4n) is 2.68. The molecule has 1 unspecified atom stereocenters. The number of aromatic nitrogens is 2. The third-order valence-electron chi connectivity index (χ3n) is 4.00. The van der Waals surface area contributed by atoms with Crippen LogP contribution >= 0.6 is 11.3 Å². The summed E-state index contributed by atoms with van der Waals surface area (Å²) in [5, 5.41) is 12.2. The van der Waals surface area contributed by atoms with Crippen molar-refractivity contribution in [3.63, 3.8) is 0 Å². The maximum Gasteiger partial charge on any atom is 0.231 e. The average molecular weight is 344 g/mol. The van der Waals surface area contributed by atoms with Crippen molar-refractivity contribution >= 4 is 34.0 Å². The Morgan fingerprint density at radius 2 is 2.08 bits per heavy atom. The lowest BCUT2D eigenvalue weighted by Crippen LogP contribution is -2.28. The molecule has 0 saturated carbocycles. The van der Waals surface area contributed by atoms with Gasteiger partial charge in [0.25, 0.3) is 0 Å². The molecule has 7 heteroatoms. The summed E-state index contributed by atoms with van der Waals surface area (Å²) in [5.74, 6) is -0.558. The van der Waals surface area contributed by atoms with Crippen molar-refractivity contribution in [2.45, 2.75) is 33.1 Å². The normalized spacial score (nSPS) is 17.3. The molecule has 2 aromatic rings. The molecule has 1 fully saturated rings. The Hall–Kier alpha value is -2.28. The van der Waals surface area contributed by atoms with Crippen molar-refractivity contribution < 1.29 is 9.59 Å². The fraction of sp³-hybridized carbons (Fsp3) is 0.412. The monoisotopic (exact) mass is 344 g/mol. The molecule has 1 saturated heterocycles. The van der Waals surface area contributed by atoms with Gasteiger partial charge in [-0.15, -0.1) is 10.2 Å². The van der Waals surface area contributed by atoms with Gasteiger partial charge in [-0.25, -0.2) is 0 Å². The van der Waals surface area contributed by atoms with Crippen molar-refractivity contribution in [3.8, 4) is 0 Å². The zero-order chi connectivity index (χ0) is 17.1. The third-order valence-corrected chi connectivity index (χ3v) is 4.90. The number of nitrogens with zero attached hydrogens (tertiary/aromatic N) is 3. The van der Waals surface area contributed by atoms with Gasteiger partial charge in [-0.2, -0.15) is 0 Å². The largest absolute Gasteiger partial charge is 0.312 e. The number of hydrogen-bond acceptors (Lipinski definition) is 5. The minimum absolute atomic E-state index is 0.0251. The van der Waals surface area contributed by atoms with Gasteiger partial charge in [0.2, 0.25) is 16.9 Å². The lowest BCUT2D eigenvalue weighted by atomic mass is 10.1. The minimum atomic E-state index is -0.364. The molecule has 3 rings (SSSR count). The molecule has 0 radical (unpaired) electrons. The van der Waals surface area contributed by atoms with Gasteiger partial charge in [-0.1, -0.05) is 36.0 Å². The highest BCUT2D eigenvalue weighted by molar-refractivity contribution is 7.15. The van der Waals surface area contributed by atoms with Crippen molar-refractivity contribution in [2.24, 2.45) is 5.92 Å². The average Bonchev–Trinajstić information content (AvgIpc) is 3.15. The van der Waals surface area contributed by atoms with Gasteiger partial charge >= 0.3 is 0 Å². The Kier molecular flexibility index (Phi) is 4.89. The first kappa shape index (κ1) is 16.6. The lowest BCUT2D eigenvalue weighted by Gasteiger charge is -2.16. The molecule has 1 aromatic carbocycles. The molecule has 2 heterocycles. The molecule has 24 heavy (non-hydrogen) atoms. The van der Waals surface area contributed by atoms with E-state index in [1.54, 1.807) is 4.90 Å². The molecule has 0 spiro atoms. The van der Waals surface area contributed by atoms with Crippen LogP contribution in [0.4, 0.5) is 10.8 Å². The molecule has 2 amide bonds. The summed E-state index contributed by atoms with van der Waals surface area (Å²) in [7, 11) is 0. The first-order valence-electron chi connectivity index (χ1n) is 8.07. The molecule has 1 atom stereocenters. The summed E-state index contributed by atoms with van der Waals surface area (Å²) in [6.45, 7) is 4.47. The first-order valence-corrected chi connectivity index (χ1v) is 8.88. The van der Waals surface area contributed by atoms with Crippen LogP contribution in [0.3, 0.4) is 0 Å². The molecule has 0 bridgehead atoms. The summed E-state index contributed by atoms with van der Waals surface area (Å²) in [5.41, 5.74) is 1.97. The summed E-state index contributed by atoms with van der Waals surface area (Å²) in [6, 6.07) is 7.75. The zero-order valence-corrected chi connectivity index (χ0v) is 14.6. The van der Waals surface area contributed by atoms with Crippen LogP contribution in [-0.4, -0.2) is 28.6 Å². The number of nitrogens with one attached hydrogen (secondary N) is 1. The number of carbonyl (C=O) groups is 2. The van der Waals surface area contributed by atoms with Gasteiger partial charge in [0.15, 0.2) is 0 Å². The fourth-order valence-corrected chi connectivity index (χ4v) is 3.53. The van der Waals surface area contributed by atoms with Gasteiger partial charge in [0.1, 0.15) is 5.01 Å². The quantitative estimate of drug-likeness (QED) is 0.905. The predicted molar refractivity (Wildman–Crippen MR) is 94.2 cm³/mol. The van der Waals surface area contributed by atoms with Crippen molar-refractivity contribution in [3.05, 3.63) is 34.8 Å². The Morgan fingerprint density at radius 1 is 1.33 bits per heavy atom. The van der Waals surface area contributed by atoms with E-state index >= 15 is 0 Å². The lowest BCUT2D eigenvalue weighted by molar-refractivity contribution is -0.122. The Morgan fingerprint density at radius 3 is 2.79 bits per heavy atom. The number of amides is 2. The standard InChI is InChI=1S/C17H20N4O2S/c1-3-4-14-19-20-17(24-14)18-16(23)12-9-15(22)21(10-12)13-7-5-11(2)6-8-13/h5-8,12H,3-4,9-10H2,1-2H3,(H,18,20,23). The van der Waals surface area contributed by atoms with E-state index < -0.39 is 0 Å². The summed E-state index contributed by atoms with van der Waals surface area (Å²) >= 11 is 1.39. The first-order chi connectivity index (χ1) is 11.6. The van der Waals surface area contributed by atoms with Crippen molar-refractivity contribution in [1.82, 2.24) is 10.2 Å². The summed E-state index contributed by atoms with van der Waals surface area (Å²) in [6.07, 6.45) is 2.07. The number of benzene rings is 1. The van der Waals surface area contributed by atoms with E-state index in [-0.39, 0.29) is 24.2 Å². The molecular weight excluding hydrogens is 324 g/mol. The number of rotatable bonds is 5. The highest BCUT2D eigenvalue weighted by Crippen LogP contribution is 2.27. The number of anilines is 2. The van der Waals surface area contributed by atoms with E-state index in [1.807, 2.05) is 31.2 Å². The van der Waals surface area contributed by atoms with Gasteiger partial charge in [0.05, 0.1) is 5.92 Å². The van der Waals surface area contributed by atoms with Gasteiger partial charge < -0.3 is 10.2 Å². The van der Waals surface area contributed by atoms with Crippen LogP contribution in [0.1, 0.15) is 30.3 Å². The zero-order valence-electron chi connectivity index (χ0n) is 13.8. The van der Waals surface area contributed by atoms with E-state index in [9.17, 15) is 9.59 Å². The predicted octanol–water partition coefficient (Wildman–Crippen LogP) is 2.79. The van der Waals surface area contributed by atoms with Crippen LogP contribution in [-0.2, 0) is 16.0 Å². The molecule has 1 aromatic heterocycles. The van der Waals surface area contributed by atoms with Gasteiger partial charge in [-0.3, -0.25) is 9.59 Å². The van der Waals surface area contributed by atoms with E-state index in [0.717, 1.165) is 29.1 Å². The maximum absolute atomic E-state index is 12.4. The Labute approximate surface area is 144 Å². The Balaban J connectivity index is 1.64. The van der Waals surface area contributed by atoms with Crippen LogP contribution in [0.2, 0.25) is 0 Å². The van der Waals surface area contributed by atoms with Crippen LogP contribution < -0.4 is 10.2 Å². The highest BCUT2D eigenvalue weighted by Gasteiger charge is 2.35. The molecule has 1 aliphatic heterocycles. The molecule has 1 aliphatic rings. The van der Waals surface area contributed by atoms with Gasteiger partial charge in [0, 0.05) is 25.1 Å². The van der Waals surface area contributed by atoms with Crippen molar-refractivity contribution in [1.29, 1.82) is 0 Å². The molecule has 0 aliphatic carbocycles. The number of carbonyl (C=O) groups excluding carboxylic acids is 2. The van der Waals surface area contributed by atoms with Crippen LogP contribution in [0, 0.1) is 12.8 Å². The summed E-state index contributed by atoms with van der Waals surface area (Å²) < 4.78 is 0. The van der Waals surface area contributed by atoms with E-state index in [4.69, 9.17) is 0 Å². The molecule has 1 N–H and O–H groups in total. The second-order valence-electron chi connectivity index (χ2n) is 5.98. The summed E-state index contributed by atoms with van der Waals surface area (Å²) in [4.78, 5) is 26.3. The minimum Gasteiger partial charge on any atom is -0.312 e. The maximum atomic E-state index is 12.4. The molecular formula is C17H20N4O2S.